The van der Waals surface area contributed by atoms with Crippen molar-refractivity contribution in [1.29, 1.82) is 0 Å². The van der Waals surface area contributed by atoms with E-state index in [1.165, 1.54) is 6.07 Å². The fourth-order valence-electron chi connectivity index (χ4n) is 1.75. The molecule has 0 aromatic heterocycles. The lowest BCUT2D eigenvalue weighted by molar-refractivity contribution is 0.0695. The first kappa shape index (κ1) is 17.6. The van der Waals surface area contributed by atoms with Crippen LogP contribution in [0.25, 0.3) is 0 Å². The summed E-state index contributed by atoms with van der Waals surface area (Å²) in [4.78, 5) is 11.0. The van der Waals surface area contributed by atoms with E-state index in [-0.39, 0.29) is 30.6 Å². The summed E-state index contributed by atoms with van der Waals surface area (Å²) in [5, 5.41) is 9.04. The van der Waals surface area contributed by atoms with Gasteiger partial charge in [0.05, 0.1) is 24.0 Å². The number of ether oxygens (including phenoxy) is 1. The van der Waals surface area contributed by atoms with E-state index in [4.69, 9.17) is 9.84 Å². The number of nitrogens with one attached hydrogen (secondary N) is 1. The van der Waals surface area contributed by atoms with E-state index in [0.717, 1.165) is 0 Å². The van der Waals surface area contributed by atoms with Crippen molar-refractivity contribution in [3.63, 3.8) is 0 Å². The van der Waals surface area contributed by atoms with Crippen LogP contribution in [-0.4, -0.2) is 44.5 Å². The average Bonchev–Trinajstić information content (AvgIpc) is 2.38. The van der Waals surface area contributed by atoms with E-state index in [9.17, 15) is 13.2 Å². The Morgan fingerprint density at radius 2 is 2.00 bits per heavy atom. The van der Waals surface area contributed by atoms with Gasteiger partial charge in [0, 0.05) is 6.54 Å². The maximum Gasteiger partial charge on any atom is 0.335 e. The molecule has 0 amide bonds. The van der Waals surface area contributed by atoms with Gasteiger partial charge in [-0.1, -0.05) is 18.2 Å². The quantitative estimate of drug-likeness (QED) is 0.716. The minimum Gasteiger partial charge on any atom is -0.478 e. The van der Waals surface area contributed by atoms with E-state index in [2.05, 4.69) is 4.72 Å². The van der Waals surface area contributed by atoms with E-state index in [1.807, 2.05) is 13.8 Å². The molecule has 0 fully saturated rings. The molecule has 118 valence electrons. The second kappa shape index (κ2) is 8.11. The molecular formula is C14H21NO5S. The van der Waals surface area contributed by atoms with E-state index < -0.39 is 16.0 Å². The zero-order valence-electron chi connectivity index (χ0n) is 12.2. The molecule has 7 heteroatoms. The molecule has 0 aliphatic carbocycles. The van der Waals surface area contributed by atoms with Crippen LogP contribution >= 0.6 is 0 Å². The summed E-state index contributed by atoms with van der Waals surface area (Å²) in [6, 6.07) is 6.55. The van der Waals surface area contributed by atoms with Gasteiger partial charge in [-0.2, -0.15) is 0 Å². The molecule has 0 radical (unpaired) electrons. The van der Waals surface area contributed by atoms with Crippen molar-refractivity contribution in [3.05, 3.63) is 35.4 Å². The highest BCUT2D eigenvalue weighted by Crippen LogP contribution is 2.09. The third-order valence-electron chi connectivity index (χ3n) is 2.77. The van der Waals surface area contributed by atoms with Gasteiger partial charge in [0.15, 0.2) is 0 Å². The molecule has 2 N–H and O–H groups in total. The molecule has 0 saturated carbocycles. The fourth-order valence-corrected chi connectivity index (χ4v) is 2.63. The Kier molecular flexibility index (Phi) is 6.80. The molecule has 21 heavy (non-hydrogen) atoms. The van der Waals surface area contributed by atoms with Crippen LogP contribution in [0.3, 0.4) is 0 Å². The van der Waals surface area contributed by atoms with Crippen LogP contribution in [0.2, 0.25) is 0 Å². The number of carboxylic acid groups (broad SMARTS) is 1. The molecule has 1 rings (SSSR count). The van der Waals surface area contributed by atoms with Crippen molar-refractivity contribution in [2.24, 2.45) is 0 Å². The molecule has 0 atom stereocenters. The highest BCUT2D eigenvalue weighted by molar-refractivity contribution is 7.89. The van der Waals surface area contributed by atoms with Gasteiger partial charge in [0.25, 0.3) is 0 Å². The molecule has 1 aromatic carbocycles. The van der Waals surface area contributed by atoms with Gasteiger partial charge in [-0.05, 0) is 31.9 Å². The Labute approximate surface area is 125 Å². The zero-order chi connectivity index (χ0) is 15.9. The van der Waals surface area contributed by atoms with Gasteiger partial charge < -0.3 is 9.84 Å². The van der Waals surface area contributed by atoms with Gasteiger partial charge in [0.1, 0.15) is 0 Å². The van der Waals surface area contributed by atoms with Crippen molar-refractivity contribution in [2.45, 2.75) is 26.4 Å². The molecule has 0 aliphatic rings. The van der Waals surface area contributed by atoms with Gasteiger partial charge in [-0.3, -0.25) is 0 Å². The molecule has 0 heterocycles. The molecule has 1 aromatic rings. The second-order valence-corrected chi connectivity index (χ2v) is 6.77. The predicted octanol–water partition coefficient (Wildman–Crippen LogP) is 1.27. The molecule has 0 saturated heterocycles. The third kappa shape index (κ3) is 6.70. The first-order chi connectivity index (χ1) is 9.82. The fraction of sp³-hybridized carbons (Fsp3) is 0.500. The zero-order valence-corrected chi connectivity index (χ0v) is 13.0. The van der Waals surface area contributed by atoms with Gasteiger partial charge in [-0.25, -0.2) is 17.9 Å². The van der Waals surface area contributed by atoms with Crippen molar-refractivity contribution in [1.82, 2.24) is 4.72 Å². The Bertz CT molecular complexity index is 568. The number of sulfonamides is 1. The van der Waals surface area contributed by atoms with Gasteiger partial charge in [0.2, 0.25) is 10.0 Å². The van der Waals surface area contributed by atoms with Crippen molar-refractivity contribution in [3.8, 4) is 0 Å². The molecular weight excluding hydrogens is 294 g/mol. The summed E-state index contributed by atoms with van der Waals surface area (Å²) >= 11 is 0. The Morgan fingerprint density at radius 1 is 1.33 bits per heavy atom. The number of hydrogen-bond acceptors (Lipinski definition) is 4. The lowest BCUT2D eigenvalue weighted by atomic mass is 10.1. The molecule has 0 aliphatic heterocycles. The summed E-state index contributed by atoms with van der Waals surface area (Å²) in [6.45, 7) is 3.97. The van der Waals surface area contributed by atoms with Gasteiger partial charge in [-0.15, -0.1) is 0 Å². The molecule has 0 bridgehead atoms. The first-order valence-corrected chi connectivity index (χ1v) is 8.37. The monoisotopic (exact) mass is 315 g/mol. The number of carbonyl (C=O) groups is 1. The van der Waals surface area contributed by atoms with Crippen LogP contribution in [0.5, 0.6) is 0 Å². The highest BCUT2D eigenvalue weighted by atomic mass is 32.2. The SMILES string of the molecule is CC(C)OCCS(=O)(=O)NCCc1ccccc1C(=O)O. The van der Waals surface area contributed by atoms with E-state index in [0.29, 0.717) is 12.0 Å². The largest absolute Gasteiger partial charge is 0.478 e. The van der Waals surface area contributed by atoms with Crippen LogP contribution < -0.4 is 4.72 Å². The van der Waals surface area contributed by atoms with Crippen LogP contribution in [-0.2, 0) is 21.2 Å². The normalized spacial score (nSPS) is 11.8. The summed E-state index contributed by atoms with van der Waals surface area (Å²) in [6.07, 6.45) is 0.315. The van der Waals surface area contributed by atoms with Crippen molar-refractivity contribution >= 4 is 16.0 Å². The lowest BCUT2D eigenvalue weighted by Crippen LogP contribution is -2.30. The summed E-state index contributed by atoms with van der Waals surface area (Å²) in [5.41, 5.74) is 0.797. The molecule has 6 nitrogen and oxygen atoms in total. The van der Waals surface area contributed by atoms with Crippen molar-refractivity contribution in [2.75, 3.05) is 18.9 Å². The standard InChI is InChI=1S/C14H21NO5S/c1-11(2)20-9-10-21(18,19)15-8-7-12-5-3-4-6-13(12)14(16)17/h3-6,11,15H,7-10H2,1-2H3,(H,16,17). The second-order valence-electron chi connectivity index (χ2n) is 4.85. The summed E-state index contributed by atoms with van der Waals surface area (Å²) < 4.78 is 31.1. The Hall–Kier alpha value is -1.44. The minimum absolute atomic E-state index is 0.0114. The first-order valence-electron chi connectivity index (χ1n) is 6.72. The number of carboxylic acids is 1. The number of benzene rings is 1. The highest BCUT2D eigenvalue weighted by Gasteiger charge is 2.12. The molecule has 0 spiro atoms. The minimum atomic E-state index is -3.40. The van der Waals surface area contributed by atoms with Crippen LogP contribution in [0, 0.1) is 0 Å². The number of hydrogen-bond donors (Lipinski definition) is 2. The smallest absolute Gasteiger partial charge is 0.335 e. The van der Waals surface area contributed by atoms with Crippen LogP contribution in [0.15, 0.2) is 24.3 Å². The topological polar surface area (TPSA) is 92.7 Å². The van der Waals surface area contributed by atoms with Crippen LogP contribution in [0.1, 0.15) is 29.8 Å². The summed E-state index contributed by atoms with van der Waals surface area (Å²) in [5.74, 6) is -1.12. The summed E-state index contributed by atoms with van der Waals surface area (Å²) in [7, 11) is -3.40. The van der Waals surface area contributed by atoms with Crippen molar-refractivity contribution < 1.29 is 23.1 Å². The van der Waals surface area contributed by atoms with Crippen LogP contribution in [0.4, 0.5) is 0 Å². The van der Waals surface area contributed by atoms with Gasteiger partial charge >= 0.3 is 5.97 Å². The Balaban J connectivity index is 2.48. The maximum atomic E-state index is 11.7. The lowest BCUT2D eigenvalue weighted by Gasteiger charge is -2.10. The molecule has 0 unspecified atom stereocenters. The third-order valence-corrected chi connectivity index (χ3v) is 4.12. The van der Waals surface area contributed by atoms with E-state index in [1.54, 1.807) is 18.2 Å². The Morgan fingerprint density at radius 3 is 2.62 bits per heavy atom. The average molecular weight is 315 g/mol. The maximum absolute atomic E-state index is 11.7. The predicted molar refractivity (Wildman–Crippen MR) is 80.0 cm³/mol. The number of rotatable bonds is 9. The number of aromatic carboxylic acids is 1. The van der Waals surface area contributed by atoms with E-state index >= 15 is 0 Å².